The molecule has 2 aromatic rings. The van der Waals surface area contributed by atoms with Gasteiger partial charge in [0.15, 0.2) is 0 Å². The first-order chi connectivity index (χ1) is 9.58. The van der Waals surface area contributed by atoms with Gasteiger partial charge in [0.2, 0.25) is 11.8 Å². The minimum absolute atomic E-state index is 0.0383. The molecule has 2 rings (SSSR count). The molecule has 0 atom stereocenters. The average Bonchev–Trinajstić information content (AvgIpc) is 2.84. The molecule has 1 aromatic heterocycles. The van der Waals surface area contributed by atoms with Crippen molar-refractivity contribution in [3.05, 3.63) is 29.3 Å². The van der Waals surface area contributed by atoms with Crippen LogP contribution in [-0.2, 0) is 4.79 Å². The van der Waals surface area contributed by atoms with Crippen LogP contribution in [0.1, 0.15) is 18.1 Å². The predicted octanol–water partition coefficient (Wildman–Crippen LogP) is 2.58. The van der Waals surface area contributed by atoms with Crippen LogP contribution in [-0.4, -0.2) is 28.4 Å². The molecule has 0 aliphatic rings. The summed E-state index contributed by atoms with van der Waals surface area (Å²) in [5, 5.41) is 11.1. The molecule has 0 aliphatic carbocycles. The molecule has 0 spiro atoms. The van der Waals surface area contributed by atoms with E-state index in [-0.39, 0.29) is 11.7 Å². The smallest absolute Gasteiger partial charge is 0.277 e. The topological polar surface area (TPSA) is 68.0 Å². The third kappa shape index (κ3) is 3.84. The number of aromatic nitrogens is 2. The highest BCUT2D eigenvalue weighted by Gasteiger charge is 2.11. The highest BCUT2D eigenvalue weighted by atomic mass is 32.2. The van der Waals surface area contributed by atoms with Crippen LogP contribution in [0.3, 0.4) is 0 Å². The van der Waals surface area contributed by atoms with E-state index >= 15 is 0 Å². The van der Waals surface area contributed by atoms with Gasteiger partial charge in [-0.2, -0.15) is 0 Å². The van der Waals surface area contributed by atoms with Gasteiger partial charge in [-0.25, -0.2) is 0 Å². The molecule has 6 heteroatoms. The van der Waals surface area contributed by atoms with E-state index in [0.717, 1.165) is 16.7 Å². The van der Waals surface area contributed by atoms with Crippen LogP contribution in [0.4, 0.5) is 0 Å². The maximum Gasteiger partial charge on any atom is 0.277 e. The van der Waals surface area contributed by atoms with E-state index in [9.17, 15) is 4.79 Å². The van der Waals surface area contributed by atoms with Gasteiger partial charge in [0.05, 0.1) is 5.75 Å². The molecular formula is C14H17N3O2S. The summed E-state index contributed by atoms with van der Waals surface area (Å²) in [6.45, 7) is 6.56. The molecule has 0 saturated carbocycles. The Labute approximate surface area is 122 Å². The number of carbonyl (C=O) groups is 1. The molecule has 5 nitrogen and oxygen atoms in total. The number of hydrogen-bond acceptors (Lipinski definition) is 5. The van der Waals surface area contributed by atoms with Crippen LogP contribution in [0.2, 0.25) is 0 Å². The van der Waals surface area contributed by atoms with Crippen LogP contribution in [0, 0.1) is 13.8 Å². The third-order valence-corrected chi connectivity index (χ3v) is 3.39. The Morgan fingerprint density at radius 2 is 1.95 bits per heavy atom. The number of benzene rings is 1. The lowest BCUT2D eigenvalue weighted by Crippen LogP contribution is -2.24. The Hall–Kier alpha value is -1.82. The van der Waals surface area contributed by atoms with Crippen molar-refractivity contribution in [3.8, 4) is 11.5 Å². The van der Waals surface area contributed by atoms with Gasteiger partial charge in [0.25, 0.3) is 5.22 Å². The highest BCUT2D eigenvalue weighted by Crippen LogP contribution is 2.24. The van der Waals surface area contributed by atoms with Gasteiger partial charge in [-0.05, 0) is 32.9 Å². The number of nitrogens with zero attached hydrogens (tertiary/aromatic N) is 2. The first kappa shape index (κ1) is 14.6. The first-order valence-electron chi connectivity index (χ1n) is 6.40. The maximum atomic E-state index is 11.4. The van der Waals surface area contributed by atoms with Crippen molar-refractivity contribution in [3.63, 3.8) is 0 Å². The zero-order chi connectivity index (χ0) is 14.5. The summed E-state index contributed by atoms with van der Waals surface area (Å²) in [7, 11) is 0. The summed E-state index contributed by atoms with van der Waals surface area (Å²) in [6.07, 6.45) is 0. The SMILES string of the molecule is CCNC(=O)CSc1nnc(-c2cc(C)cc(C)c2)o1. The normalized spacial score (nSPS) is 10.6. The number of hydrogen-bond donors (Lipinski definition) is 1. The van der Waals surface area contributed by atoms with Crippen molar-refractivity contribution in [1.29, 1.82) is 0 Å². The zero-order valence-electron chi connectivity index (χ0n) is 11.8. The quantitative estimate of drug-likeness (QED) is 0.858. The molecule has 0 unspecified atom stereocenters. The van der Waals surface area contributed by atoms with Crippen LogP contribution in [0.15, 0.2) is 27.8 Å². The summed E-state index contributed by atoms with van der Waals surface area (Å²) in [4.78, 5) is 11.4. The third-order valence-electron chi connectivity index (χ3n) is 2.58. The lowest BCUT2D eigenvalue weighted by Gasteiger charge is -2.00. The number of thioether (sulfide) groups is 1. The Kier molecular flexibility index (Phi) is 4.79. The summed E-state index contributed by atoms with van der Waals surface area (Å²) in [5.41, 5.74) is 3.20. The van der Waals surface area contributed by atoms with E-state index in [0.29, 0.717) is 17.7 Å². The molecule has 1 N–H and O–H groups in total. The zero-order valence-corrected chi connectivity index (χ0v) is 12.6. The first-order valence-corrected chi connectivity index (χ1v) is 7.38. The number of amides is 1. The van der Waals surface area contributed by atoms with E-state index < -0.39 is 0 Å². The molecule has 20 heavy (non-hydrogen) atoms. The number of carbonyl (C=O) groups excluding carboxylic acids is 1. The summed E-state index contributed by atoms with van der Waals surface area (Å²) in [6, 6.07) is 6.09. The molecule has 0 bridgehead atoms. The molecule has 1 heterocycles. The maximum absolute atomic E-state index is 11.4. The van der Waals surface area contributed by atoms with Crippen molar-refractivity contribution < 1.29 is 9.21 Å². The van der Waals surface area contributed by atoms with Gasteiger partial charge in [0.1, 0.15) is 0 Å². The fourth-order valence-electron chi connectivity index (χ4n) is 1.86. The van der Waals surface area contributed by atoms with Gasteiger partial charge < -0.3 is 9.73 Å². The lowest BCUT2D eigenvalue weighted by atomic mass is 10.1. The van der Waals surface area contributed by atoms with E-state index in [2.05, 4.69) is 21.6 Å². The number of rotatable bonds is 5. The predicted molar refractivity (Wildman–Crippen MR) is 78.6 cm³/mol. The molecule has 0 saturated heterocycles. The monoisotopic (exact) mass is 291 g/mol. The van der Waals surface area contributed by atoms with Crippen LogP contribution in [0.25, 0.3) is 11.5 Å². The van der Waals surface area contributed by atoms with Crippen molar-refractivity contribution in [2.24, 2.45) is 0 Å². The largest absolute Gasteiger partial charge is 0.411 e. The van der Waals surface area contributed by atoms with E-state index in [1.165, 1.54) is 11.8 Å². The fraction of sp³-hybridized carbons (Fsp3) is 0.357. The fourth-order valence-corrected chi connectivity index (χ4v) is 2.45. The van der Waals surface area contributed by atoms with Gasteiger partial charge in [-0.3, -0.25) is 4.79 Å². The second-order valence-corrected chi connectivity index (χ2v) is 5.42. The second-order valence-electron chi connectivity index (χ2n) is 4.49. The van der Waals surface area contributed by atoms with Gasteiger partial charge >= 0.3 is 0 Å². The van der Waals surface area contributed by atoms with E-state index in [1.54, 1.807) is 0 Å². The van der Waals surface area contributed by atoms with E-state index in [1.807, 2.05) is 32.9 Å². The lowest BCUT2D eigenvalue weighted by molar-refractivity contribution is -0.118. The summed E-state index contributed by atoms with van der Waals surface area (Å²) < 4.78 is 5.57. The summed E-state index contributed by atoms with van der Waals surface area (Å²) in [5.74, 6) is 0.723. The molecule has 0 radical (unpaired) electrons. The Bertz CT molecular complexity index is 590. The molecule has 1 aromatic carbocycles. The molecular weight excluding hydrogens is 274 g/mol. The van der Waals surface area contributed by atoms with Crippen molar-refractivity contribution in [2.75, 3.05) is 12.3 Å². The van der Waals surface area contributed by atoms with Crippen molar-refractivity contribution >= 4 is 17.7 Å². The van der Waals surface area contributed by atoms with Crippen LogP contribution in [0.5, 0.6) is 0 Å². The Morgan fingerprint density at radius 1 is 1.25 bits per heavy atom. The molecule has 0 fully saturated rings. The number of nitrogens with one attached hydrogen (secondary N) is 1. The van der Waals surface area contributed by atoms with Crippen molar-refractivity contribution in [2.45, 2.75) is 26.0 Å². The van der Waals surface area contributed by atoms with Gasteiger partial charge in [0, 0.05) is 12.1 Å². The minimum Gasteiger partial charge on any atom is -0.411 e. The second kappa shape index (κ2) is 6.56. The Balaban J connectivity index is 2.06. The van der Waals surface area contributed by atoms with Crippen LogP contribution >= 0.6 is 11.8 Å². The molecule has 106 valence electrons. The van der Waals surface area contributed by atoms with Gasteiger partial charge in [-0.15, -0.1) is 10.2 Å². The minimum atomic E-state index is -0.0383. The van der Waals surface area contributed by atoms with Crippen LogP contribution < -0.4 is 5.32 Å². The number of aryl methyl sites for hydroxylation is 2. The van der Waals surface area contributed by atoms with Gasteiger partial charge in [-0.1, -0.05) is 29.0 Å². The molecule has 0 aliphatic heterocycles. The van der Waals surface area contributed by atoms with E-state index in [4.69, 9.17) is 4.42 Å². The van der Waals surface area contributed by atoms with Crippen molar-refractivity contribution in [1.82, 2.24) is 15.5 Å². The highest BCUT2D eigenvalue weighted by molar-refractivity contribution is 7.99. The molecule has 1 amide bonds. The Morgan fingerprint density at radius 3 is 2.60 bits per heavy atom. The summed E-state index contributed by atoms with van der Waals surface area (Å²) >= 11 is 1.24. The average molecular weight is 291 g/mol. The standard InChI is InChI=1S/C14H17N3O2S/c1-4-15-12(18)8-20-14-17-16-13(19-14)11-6-9(2)5-10(3)7-11/h5-7H,4,8H2,1-3H3,(H,15,18).